The Morgan fingerprint density at radius 3 is 1.39 bits per heavy atom. The Hall–Kier alpha value is -1.66. The first-order valence-electron chi connectivity index (χ1n) is 24.6. The largest absolute Gasteiger partial charge is 0.466 e. The van der Waals surface area contributed by atoms with Crippen LogP contribution >= 0.6 is 0 Å². The maximum atomic E-state index is 12.4. The predicted molar refractivity (Wildman–Crippen MR) is 241 cm³/mol. The zero-order chi connectivity index (χ0) is 40.8. The summed E-state index contributed by atoms with van der Waals surface area (Å²) in [5.74, 6) is -0.0760. The van der Waals surface area contributed by atoms with Crippen molar-refractivity contribution in [2.45, 2.75) is 270 Å². The minimum atomic E-state index is -0.673. The van der Waals surface area contributed by atoms with Crippen LogP contribution in [-0.2, 0) is 14.3 Å². The highest BCUT2D eigenvalue weighted by Gasteiger charge is 2.20. The minimum Gasteiger partial charge on any atom is -0.466 e. The molecule has 0 aromatic carbocycles. The first-order valence-corrected chi connectivity index (χ1v) is 24.6. The Balaban J connectivity index is 3.47. The standard InChI is InChI=1S/C50H95NO5/c1-3-5-7-9-11-13-15-17-18-19-24-28-32-36-40-44-50(55)56-45-41-37-33-29-25-21-20-23-27-31-35-39-43-49(54)51-47(46-52)48(53)42-38-34-30-26-22-16-14-12-10-8-6-4-2/h11,13,17-18,47-48,52-53H,3-10,12,14-16,19-46H2,1-2H3,(H,51,54)/b13-11-,18-17-. The molecular weight excluding hydrogens is 695 g/mol. The third-order valence-electron chi connectivity index (χ3n) is 11.3. The summed E-state index contributed by atoms with van der Waals surface area (Å²) in [6, 6.07) is -0.552. The molecular formula is C50H95NO5. The maximum absolute atomic E-state index is 12.4. The van der Waals surface area contributed by atoms with Gasteiger partial charge in [0.15, 0.2) is 0 Å². The summed E-state index contributed by atoms with van der Waals surface area (Å²) in [4.78, 5) is 24.4. The van der Waals surface area contributed by atoms with E-state index in [0.717, 1.165) is 70.6 Å². The second kappa shape index (κ2) is 46.0. The average molecular weight is 790 g/mol. The van der Waals surface area contributed by atoms with Crippen molar-refractivity contribution in [3.8, 4) is 0 Å². The first kappa shape index (κ1) is 54.3. The summed E-state index contributed by atoms with van der Waals surface area (Å²) in [5.41, 5.74) is 0. The van der Waals surface area contributed by atoms with Crippen LogP contribution in [0.2, 0.25) is 0 Å². The highest BCUT2D eigenvalue weighted by molar-refractivity contribution is 5.76. The van der Waals surface area contributed by atoms with Crippen molar-refractivity contribution in [3.63, 3.8) is 0 Å². The molecule has 0 aromatic rings. The molecule has 56 heavy (non-hydrogen) atoms. The topological polar surface area (TPSA) is 95.9 Å². The highest BCUT2D eigenvalue weighted by Crippen LogP contribution is 2.16. The SMILES string of the molecule is CCCCC/C=C\C/C=C\CCCCCCCC(=O)OCCCCCCCCCCCCCCC(=O)NC(CO)C(O)CCCCCCCCCCCCCC. The Morgan fingerprint density at radius 1 is 0.500 bits per heavy atom. The van der Waals surface area contributed by atoms with Crippen molar-refractivity contribution in [2.24, 2.45) is 0 Å². The van der Waals surface area contributed by atoms with Gasteiger partial charge in [-0.25, -0.2) is 0 Å². The van der Waals surface area contributed by atoms with Crippen molar-refractivity contribution in [2.75, 3.05) is 13.2 Å². The number of hydrogen-bond donors (Lipinski definition) is 3. The molecule has 0 fully saturated rings. The number of aliphatic hydroxyl groups is 2. The fourth-order valence-corrected chi connectivity index (χ4v) is 7.43. The van der Waals surface area contributed by atoms with Crippen LogP contribution in [0, 0.1) is 0 Å². The van der Waals surface area contributed by atoms with Crippen LogP contribution in [0.15, 0.2) is 24.3 Å². The van der Waals surface area contributed by atoms with E-state index in [1.165, 1.54) is 154 Å². The van der Waals surface area contributed by atoms with E-state index in [0.29, 0.717) is 25.9 Å². The van der Waals surface area contributed by atoms with Crippen molar-refractivity contribution < 1.29 is 24.5 Å². The lowest BCUT2D eigenvalue weighted by atomic mass is 10.0. The molecule has 330 valence electrons. The normalized spacial score (nSPS) is 12.9. The van der Waals surface area contributed by atoms with Crippen LogP contribution in [-0.4, -0.2) is 47.4 Å². The molecule has 1 amide bonds. The summed E-state index contributed by atoms with van der Waals surface area (Å²) in [6.07, 6.45) is 52.7. The molecule has 0 bridgehead atoms. The van der Waals surface area contributed by atoms with Crippen LogP contribution in [0.5, 0.6) is 0 Å². The van der Waals surface area contributed by atoms with E-state index >= 15 is 0 Å². The molecule has 6 heteroatoms. The molecule has 0 aromatic heterocycles. The molecule has 2 atom stereocenters. The molecule has 2 unspecified atom stereocenters. The van der Waals surface area contributed by atoms with Gasteiger partial charge in [-0.2, -0.15) is 0 Å². The van der Waals surface area contributed by atoms with Gasteiger partial charge in [-0.05, 0) is 57.8 Å². The number of allylic oxidation sites excluding steroid dienone is 4. The number of aliphatic hydroxyl groups excluding tert-OH is 2. The lowest BCUT2D eigenvalue weighted by Gasteiger charge is -2.22. The van der Waals surface area contributed by atoms with Crippen molar-refractivity contribution >= 4 is 11.9 Å². The van der Waals surface area contributed by atoms with Crippen LogP contribution in [0.25, 0.3) is 0 Å². The lowest BCUT2D eigenvalue weighted by molar-refractivity contribution is -0.143. The van der Waals surface area contributed by atoms with Gasteiger partial charge in [0.05, 0.1) is 25.4 Å². The van der Waals surface area contributed by atoms with E-state index in [2.05, 4.69) is 43.5 Å². The number of amides is 1. The summed E-state index contributed by atoms with van der Waals surface area (Å²) in [7, 11) is 0. The average Bonchev–Trinajstić information content (AvgIpc) is 3.20. The Morgan fingerprint density at radius 2 is 0.893 bits per heavy atom. The van der Waals surface area contributed by atoms with Gasteiger partial charge in [-0.3, -0.25) is 9.59 Å². The van der Waals surface area contributed by atoms with Crippen LogP contribution < -0.4 is 5.32 Å². The molecule has 6 nitrogen and oxygen atoms in total. The van der Waals surface area contributed by atoms with Crippen molar-refractivity contribution in [1.82, 2.24) is 5.32 Å². The number of hydrogen-bond acceptors (Lipinski definition) is 5. The molecule has 0 saturated carbocycles. The van der Waals surface area contributed by atoms with Gasteiger partial charge in [0.25, 0.3) is 0 Å². The first-order chi connectivity index (χ1) is 27.5. The van der Waals surface area contributed by atoms with Crippen molar-refractivity contribution in [3.05, 3.63) is 24.3 Å². The third-order valence-corrected chi connectivity index (χ3v) is 11.3. The second-order valence-corrected chi connectivity index (χ2v) is 16.8. The molecule has 3 N–H and O–H groups in total. The quantitative estimate of drug-likeness (QED) is 0.0324. The van der Waals surface area contributed by atoms with E-state index < -0.39 is 12.1 Å². The minimum absolute atomic E-state index is 0.0236. The zero-order valence-corrected chi connectivity index (χ0v) is 37.4. The fourth-order valence-electron chi connectivity index (χ4n) is 7.43. The predicted octanol–water partition coefficient (Wildman–Crippen LogP) is 14.3. The van der Waals surface area contributed by atoms with Gasteiger partial charge in [0.1, 0.15) is 0 Å². The van der Waals surface area contributed by atoms with E-state index in [4.69, 9.17) is 4.74 Å². The Kier molecular flexibility index (Phi) is 44.7. The number of carbonyl (C=O) groups is 2. The number of nitrogens with one attached hydrogen (secondary N) is 1. The maximum Gasteiger partial charge on any atom is 0.305 e. The van der Waals surface area contributed by atoms with Gasteiger partial charge in [-0.1, -0.05) is 212 Å². The van der Waals surface area contributed by atoms with Crippen LogP contribution in [0.4, 0.5) is 0 Å². The lowest BCUT2D eigenvalue weighted by Crippen LogP contribution is -2.45. The van der Waals surface area contributed by atoms with Gasteiger partial charge in [0, 0.05) is 12.8 Å². The number of ether oxygens (including phenoxy) is 1. The van der Waals surface area contributed by atoms with Gasteiger partial charge in [0.2, 0.25) is 5.91 Å². The molecule has 0 aliphatic heterocycles. The van der Waals surface area contributed by atoms with Gasteiger partial charge in [-0.15, -0.1) is 0 Å². The molecule has 0 saturated heterocycles. The summed E-state index contributed by atoms with van der Waals surface area (Å²) in [6.45, 7) is 4.87. The van der Waals surface area contributed by atoms with Gasteiger partial charge < -0.3 is 20.3 Å². The monoisotopic (exact) mass is 790 g/mol. The highest BCUT2D eigenvalue weighted by atomic mass is 16.5. The van der Waals surface area contributed by atoms with Crippen LogP contribution in [0.3, 0.4) is 0 Å². The molecule has 0 spiro atoms. The van der Waals surface area contributed by atoms with E-state index in [9.17, 15) is 19.8 Å². The van der Waals surface area contributed by atoms with E-state index in [-0.39, 0.29) is 18.5 Å². The van der Waals surface area contributed by atoms with Gasteiger partial charge >= 0.3 is 5.97 Å². The smallest absolute Gasteiger partial charge is 0.305 e. The van der Waals surface area contributed by atoms with E-state index in [1.54, 1.807) is 0 Å². The number of unbranched alkanes of at least 4 members (excludes halogenated alkanes) is 30. The number of esters is 1. The third kappa shape index (κ3) is 42.0. The summed E-state index contributed by atoms with van der Waals surface area (Å²) < 4.78 is 5.45. The van der Waals surface area contributed by atoms with Crippen molar-refractivity contribution in [1.29, 1.82) is 0 Å². The summed E-state index contributed by atoms with van der Waals surface area (Å²) >= 11 is 0. The molecule has 0 radical (unpaired) electrons. The van der Waals surface area contributed by atoms with E-state index in [1.807, 2.05) is 0 Å². The Bertz CT molecular complexity index is 874. The number of carbonyl (C=O) groups excluding carboxylic acids is 2. The molecule has 0 aliphatic rings. The van der Waals surface area contributed by atoms with Crippen LogP contribution in [0.1, 0.15) is 258 Å². The zero-order valence-electron chi connectivity index (χ0n) is 37.4. The molecule has 0 rings (SSSR count). The molecule has 0 heterocycles. The Labute approximate surface area is 348 Å². The molecule has 0 aliphatic carbocycles. The fraction of sp³-hybridized carbons (Fsp3) is 0.880. The second-order valence-electron chi connectivity index (χ2n) is 16.8. The number of rotatable bonds is 45. The summed E-state index contributed by atoms with van der Waals surface area (Å²) in [5, 5.41) is 23.1.